The fourth-order valence-corrected chi connectivity index (χ4v) is 2.23. The Labute approximate surface area is 103 Å². The Kier molecular flexibility index (Phi) is 3.05. The van der Waals surface area contributed by atoms with Gasteiger partial charge in [-0.1, -0.05) is 0 Å². The molecule has 1 N–H and O–H groups in total. The summed E-state index contributed by atoms with van der Waals surface area (Å²) in [4.78, 5) is 0. The van der Waals surface area contributed by atoms with E-state index >= 15 is 0 Å². The van der Waals surface area contributed by atoms with Crippen LogP contribution in [0.15, 0.2) is 18.2 Å². The summed E-state index contributed by atoms with van der Waals surface area (Å²) < 4.78 is 43.2. The van der Waals surface area contributed by atoms with Crippen molar-refractivity contribution in [3.8, 4) is 5.75 Å². The minimum absolute atomic E-state index is 0.192. The van der Waals surface area contributed by atoms with Gasteiger partial charge < -0.3 is 9.84 Å². The number of ether oxygens (including phenoxy) is 1. The van der Waals surface area contributed by atoms with Gasteiger partial charge in [-0.25, -0.2) is 0 Å². The average Bonchev–Trinajstić information content (AvgIpc) is 2.57. The second-order valence-corrected chi connectivity index (χ2v) is 5.27. The van der Waals surface area contributed by atoms with Crippen molar-refractivity contribution in [3.05, 3.63) is 29.3 Å². The smallest absolute Gasteiger partial charge is 0.416 e. The molecular weight excluding hydrogens is 245 g/mol. The first-order valence-electron chi connectivity index (χ1n) is 5.73. The summed E-state index contributed by atoms with van der Waals surface area (Å²) in [5, 5.41) is 9.76. The molecule has 0 spiro atoms. The predicted molar refractivity (Wildman–Crippen MR) is 60.6 cm³/mol. The van der Waals surface area contributed by atoms with Gasteiger partial charge in [-0.15, -0.1) is 0 Å². The Morgan fingerprint density at radius 1 is 1.33 bits per heavy atom. The number of aliphatic hydroxyl groups is 1. The van der Waals surface area contributed by atoms with Crippen LogP contribution in [0.2, 0.25) is 0 Å². The highest BCUT2D eigenvalue weighted by atomic mass is 19.4. The van der Waals surface area contributed by atoms with Crippen molar-refractivity contribution in [2.75, 3.05) is 6.61 Å². The molecule has 18 heavy (non-hydrogen) atoms. The molecule has 0 saturated carbocycles. The molecule has 0 saturated heterocycles. The fraction of sp³-hybridized carbons (Fsp3) is 0.538. The number of halogens is 3. The molecule has 2 rings (SSSR count). The number of rotatable bonds is 2. The van der Waals surface area contributed by atoms with Crippen LogP contribution < -0.4 is 4.74 Å². The molecule has 1 aromatic rings. The van der Waals surface area contributed by atoms with Crippen LogP contribution in [0.4, 0.5) is 13.2 Å². The van der Waals surface area contributed by atoms with Crippen LogP contribution in [-0.4, -0.2) is 17.3 Å². The van der Waals surface area contributed by atoms with Crippen LogP contribution in [0.5, 0.6) is 5.75 Å². The molecule has 0 fully saturated rings. The maximum atomic E-state index is 12.6. The van der Waals surface area contributed by atoms with Crippen molar-refractivity contribution < 1.29 is 23.0 Å². The second kappa shape index (κ2) is 4.16. The van der Waals surface area contributed by atoms with E-state index in [1.165, 1.54) is 6.07 Å². The number of alkyl halides is 3. The maximum absolute atomic E-state index is 12.6. The van der Waals surface area contributed by atoms with Crippen molar-refractivity contribution in [1.29, 1.82) is 0 Å². The Hall–Kier alpha value is -1.23. The molecule has 0 aliphatic carbocycles. The summed E-state index contributed by atoms with van der Waals surface area (Å²) in [6, 6.07) is 3.49. The van der Waals surface area contributed by atoms with E-state index in [1.54, 1.807) is 13.8 Å². The number of hydrogen-bond acceptors (Lipinski definition) is 2. The van der Waals surface area contributed by atoms with Gasteiger partial charge in [-0.2, -0.15) is 13.2 Å². The number of benzene rings is 1. The van der Waals surface area contributed by atoms with Crippen LogP contribution in [0.25, 0.3) is 0 Å². The van der Waals surface area contributed by atoms with Crippen LogP contribution in [-0.2, 0) is 6.18 Å². The molecular formula is C13H15F3O2. The molecule has 1 aliphatic heterocycles. The highest BCUT2D eigenvalue weighted by Gasteiger charge is 2.35. The van der Waals surface area contributed by atoms with Gasteiger partial charge in [0.2, 0.25) is 0 Å². The summed E-state index contributed by atoms with van der Waals surface area (Å²) in [5.41, 5.74) is -1.07. The maximum Gasteiger partial charge on any atom is 0.416 e. The Balaban J connectivity index is 2.31. The zero-order valence-corrected chi connectivity index (χ0v) is 10.2. The highest BCUT2D eigenvalue weighted by molar-refractivity contribution is 5.43. The largest absolute Gasteiger partial charge is 0.493 e. The van der Waals surface area contributed by atoms with E-state index in [9.17, 15) is 18.3 Å². The quantitative estimate of drug-likeness (QED) is 0.883. The number of fused-ring (bicyclic) bond motifs is 1. The van der Waals surface area contributed by atoms with E-state index in [4.69, 9.17) is 4.74 Å². The van der Waals surface area contributed by atoms with Crippen LogP contribution in [0.3, 0.4) is 0 Å². The Morgan fingerprint density at radius 2 is 2.00 bits per heavy atom. The number of hydrogen-bond donors (Lipinski definition) is 1. The predicted octanol–water partition coefficient (Wildman–Crippen LogP) is 3.34. The van der Waals surface area contributed by atoms with Crippen molar-refractivity contribution >= 4 is 0 Å². The van der Waals surface area contributed by atoms with Gasteiger partial charge in [0.1, 0.15) is 5.75 Å². The van der Waals surface area contributed by atoms with Gasteiger partial charge in [0.05, 0.1) is 17.8 Å². The third-order valence-corrected chi connectivity index (χ3v) is 2.96. The van der Waals surface area contributed by atoms with Gasteiger partial charge in [0, 0.05) is 11.5 Å². The molecule has 1 heterocycles. The van der Waals surface area contributed by atoms with E-state index in [1.807, 2.05) is 0 Å². The first kappa shape index (κ1) is 13.2. The van der Waals surface area contributed by atoms with Crippen molar-refractivity contribution in [1.82, 2.24) is 0 Å². The van der Waals surface area contributed by atoms with Crippen LogP contribution in [0.1, 0.15) is 37.3 Å². The fourth-order valence-electron chi connectivity index (χ4n) is 2.23. The SMILES string of the molecule is CC(C)(O)CC1COc2ccc(C(F)(F)F)cc21. The lowest BCUT2D eigenvalue weighted by molar-refractivity contribution is -0.137. The lowest BCUT2D eigenvalue weighted by Gasteiger charge is -2.21. The normalized spacial score (nSPS) is 19.6. The summed E-state index contributed by atoms with van der Waals surface area (Å²) in [5.74, 6) is 0.291. The molecule has 0 amide bonds. The first-order valence-corrected chi connectivity index (χ1v) is 5.73. The topological polar surface area (TPSA) is 29.5 Å². The van der Waals surface area contributed by atoms with E-state index in [-0.39, 0.29) is 5.92 Å². The molecule has 1 atom stereocenters. The zero-order valence-electron chi connectivity index (χ0n) is 10.2. The minimum atomic E-state index is -4.35. The van der Waals surface area contributed by atoms with Crippen molar-refractivity contribution in [2.24, 2.45) is 0 Å². The van der Waals surface area contributed by atoms with Crippen LogP contribution >= 0.6 is 0 Å². The Bertz CT molecular complexity index is 447. The lowest BCUT2D eigenvalue weighted by atomic mass is 9.89. The molecule has 5 heteroatoms. The van der Waals surface area contributed by atoms with Crippen molar-refractivity contribution in [2.45, 2.75) is 38.0 Å². The third kappa shape index (κ3) is 2.77. The standard InChI is InChI=1S/C13H15F3O2/c1-12(2,17)6-8-7-18-11-4-3-9(5-10(8)11)13(14,15)16/h3-5,8,17H,6-7H2,1-2H3. The monoisotopic (exact) mass is 260 g/mol. The summed E-state index contributed by atoms with van der Waals surface area (Å²) >= 11 is 0. The first-order chi connectivity index (χ1) is 8.17. The zero-order chi connectivity index (χ0) is 13.6. The summed E-state index contributed by atoms with van der Waals surface area (Å²) in [7, 11) is 0. The molecule has 0 radical (unpaired) electrons. The molecule has 1 aliphatic rings. The molecule has 0 aromatic heterocycles. The van der Waals surface area contributed by atoms with Gasteiger partial charge >= 0.3 is 6.18 Å². The molecule has 2 nitrogen and oxygen atoms in total. The Morgan fingerprint density at radius 3 is 2.56 bits per heavy atom. The second-order valence-electron chi connectivity index (χ2n) is 5.27. The third-order valence-electron chi connectivity index (χ3n) is 2.96. The van der Waals surface area contributed by atoms with Gasteiger partial charge in [-0.05, 0) is 38.5 Å². The summed E-state index contributed by atoms with van der Waals surface area (Å²) in [6.45, 7) is 3.60. The van der Waals surface area contributed by atoms with Crippen molar-refractivity contribution in [3.63, 3.8) is 0 Å². The van der Waals surface area contributed by atoms with E-state index in [0.29, 0.717) is 24.3 Å². The van der Waals surface area contributed by atoms with Crippen LogP contribution in [0, 0.1) is 0 Å². The average molecular weight is 260 g/mol. The summed E-state index contributed by atoms with van der Waals surface area (Å²) in [6.07, 6.45) is -3.97. The lowest BCUT2D eigenvalue weighted by Crippen LogP contribution is -2.23. The van der Waals surface area contributed by atoms with E-state index in [2.05, 4.69) is 0 Å². The molecule has 0 bridgehead atoms. The van der Waals surface area contributed by atoms with Gasteiger partial charge in [0.25, 0.3) is 0 Å². The molecule has 1 unspecified atom stereocenters. The molecule has 100 valence electrons. The van der Waals surface area contributed by atoms with Gasteiger partial charge in [0.15, 0.2) is 0 Å². The highest BCUT2D eigenvalue weighted by Crippen LogP contribution is 2.41. The molecule has 1 aromatic carbocycles. The van der Waals surface area contributed by atoms with E-state index in [0.717, 1.165) is 12.1 Å². The van der Waals surface area contributed by atoms with E-state index < -0.39 is 17.3 Å². The minimum Gasteiger partial charge on any atom is -0.493 e. The van der Waals surface area contributed by atoms with Gasteiger partial charge in [-0.3, -0.25) is 0 Å².